The number of hydrogen-bond donors (Lipinski definition) is 0. The number of hydrogen-bond acceptors (Lipinski definition) is 3. The van der Waals surface area contributed by atoms with Crippen LogP contribution in [0, 0.1) is 13.8 Å². The van der Waals surface area contributed by atoms with Crippen LogP contribution in [0.1, 0.15) is 16.8 Å². The smallest absolute Gasteiger partial charge is 0.196 e. The third-order valence-electron chi connectivity index (χ3n) is 3.02. The van der Waals surface area contributed by atoms with Gasteiger partial charge in [-0.1, -0.05) is 42.1 Å². The minimum Gasteiger partial charge on any atom is -0.275 e. The standard InChI is InChI=1S/C15H15N3S/c1-11-8-12(2)18-14(9-11)16-17-15(18)19-10-13-6-4-3-5-7-13/h3-9H,10H2,1-2H3. The summed E-state index contributed by atoms with van der Waals surface area (Å²) in [6.07, 6.45) is 0. The number of pyridine rings is 1. The van der Waals surface area contributed by atoms with Crippen LogP contribution in [0.2, 0.25) is 0 Å². The fourth-order valence-electron chi connectivity index (χ4n) is 2.16. The highest BCUT2D eigenvalue weighted by Crippen LogP contribution is 2.23. The van der Waals surface area contributed by atoms with Gasteiger partial charge in [0.25, 0.3) is 0 Å². The Hall–Kier alpha value is -1.81. The summed E-state index contributed by atoms with van der Waals surface area (Å²) in [7, 11) is 0. The predicted octanol–water partition coefficient (Wildman–Crippen LogP) is 3.64. The van der Waals surface area contributed by atoms with Gasteiger partial charge in [0, 0.05) is 11.4 Å². The van der Waals surface area contributed by atoms with Crippen LogP contribution in [-0.2, 0) is 5.75 Å². The van der Waals surface area contributed by atoms with Crippen molar-refractivity contribution in [2.24, 2.45) is 0 Å². The molecule has 96 valence electrons. The maximum atomic E-state index is 4.29. The Morgan fingerprint density at radius 3 is 2.63 bits per heavy atom. The van der Waals surface area contributed by atoms with Gasteiger partial charge in [0.1, 0.15) is 0 Å². The zero-order chi connectivity index (χ0) is 13.2. The summed E-state index contributed by atoms with van der Waals surface area (Å²) in [5, 5.41) is 9.49. The van der Waals surface area contributed by atoms with E-state index in [-0.39, 0.29) is 0 Å². The van der Waals surface area contributed by atoms with Crippen LogP contribution in [0.15, 0.2) is 47.6 Å². The van der Waals surface area contributed by atoms with E-state index >= 15 is 0 Å². The van der Waals surface area contributed by atoms with Crippen molar-refractivity contribution >= 4 is 17.4 Å². The highest BCUT2D eigenvalue weighted by atomic mass is 32.2. The Kier molecular flexibility index (Phi) is 3.25. The van der Waals surface area contributed by atoms with Gasteiger partial charge >= 0.3 is 0 Å². The molecule has 0 saturated carbocycles. The van der Waals surface area contributed by atoms with E-state index in [0.717, 1.165) is 16.6 Å². The van der Waals surface area contributed by atoms with E-state index < -0.39 is 0 Å². The molecule has 0 aliphatic carbocycles. The summed E-state index contributed by atoms with van der Waals surface area (Å²) in [5.41, 5.74) is 4.62. The second-order valence-corrected chi connectivity index (χ2v) is 5.57. The van der Waals surface area contributed by atoms with E-state index in [1.54, 1.807) is 11.8 Å². The minimum atomic E-state index is 0.912. The van der Waals surface area contributed by atoms with Crippen molar-refractivity contribution in [3.8, 4) is 0 Å². The average molecular weight is 269 g/mol. The molecule has 1 aromatic carbocycles. The van der Waals surface area contributed by atoms with E-state index in [1.165, 1.54) is 16.8 Å². The van der Waals surface area contributed by atoms with Crippen molar-refractivity contribution in [2.45, 2.75) is 24.8 Å². The third kappa shape index (κ3) is 2.49. The van der Waals surface area contributed by atoms with Crippen LogP contribution >= 0.6 is 11.8 Å². The van der Waals surface area contributed by atoms with Gasteiger partial charge in [-0.25, -0.2) is 0 Å². The average Bonchev–Trinajstić information content (AvgIpc) is 2.81. The first-order chi connectivity index (χ1) is 9.24. The Balaban J connectivity index is 1.90. The van der Waals surface area contributed by atoms with Crippen molar-refractivity contribution in [3.05, 3.63) is 59.3 Å². The highest BCUT2D eigenvalue weighted by molar-refractivity contribution is 7.98. The first kappa shape index (κ1) is 12.2. The molecule has 0 saturated heterocycles. The molecule has 4 heteroatoms. The van der Waals surface area contributed by atoms with Crippen molar-refractivity contribution in [1.82, 2.24) is 14.6 Å². The molecule has 19 heavy (non-hydrogen) atoms. The molecule has 0 radical (unpaired) electrons. The van der Waals surface area contributed by atoms with Gasteiger partial charge in [-0.05, 0) is 37.1 Å². The van der Waals surface area contributed by atoms with Gasteiger partial charge in [-0.3, -0.25) is 4.40 Å². The number of aryl methyl sites for hydroxylation is 2. The number of aromatic nitrogens is 3. The van der Waals surface area contributed by atoms with Crippen molar-refractivity contribution < 1.29 is 0 Å². The number of fused-ring (bicyclic) bond motifs is 1. The second kappa shape index (κ2) is 5.05. The van der Waals surface area contributed by atoms with Crippen molar-refractivity contribution in [2.75, 3.05) is 0 Å². The topological polar surface area (TPSA) is 30.2 Å². The monoisotopic (exact) mass is 269 g/mol. The lowest BCUT2D eigenvalue weighted by Gasteiger charge is -2.04. The van der Waals surface area contributed by atoms with Gasteiger partial charge in [0.15, 0.2) is 10.8 Å². The predicted molar refractivity (Wildman–Crippen MR) is 78.5 cm³/mol. The van der Waals surface area contributed by atoms with E-state index in [2.05, 4.69) is 64.8 Å². The van der Waals surface area contributed by atoms with E-state index in [9.17, 15) is 0 Å². The molecule has 0 N–H and O–H groups in total. The minimum absolute atomic E-state index is 0.912. The third-order valence-corrected chi connectivity index (χ3v) is 4.02. The van der Waals surface area contributed by atoms with Gasteiger partial charge in [-0.2, -0.15) is 0 Å². The molecule has 0 amide bonds. The Morgan fingerprint density at radius 2 is 1.84 bits per heavy atom. The van der Waals surface area contributed by atoms with E-state index in [1.807, 2.05) is 6.07 Å². The molecule has 0 unspecified atom stereocenters. The van der Waals surface area contributed by atoms with Crippen LogP contribution in [0.4, 0.5) is 0 Å². The summed E-state index contributed by atoms with van der Waals surface area (Å²) >= 11 is 1.72. The summed E-state index contributed by atoms with van der Waals surface area (Å²) in [6, 6.07) is 14.6. The molecule has 0 aliphatic rings. The molecule has 0 aliphatic heterocycles. The van der Waals surface area contributed by atoms with Crippen molar-refractivity contribution in [1.29, 1.82) is 0 Å². The molecule has 2 aromatic heterocycles. The van der Waals surface area contributed by atoms with Crippen molar-refractivity contribution in [3.63, 3.8) is 0 Å². The molecule has 3 nitrogen and oxygen atoms in total. The molecule has 0 bridgehead atoms. The Bertz CT molecular complexity index is 704. The Morgan fingerprint density at radius 1 is 1.05 bits per heavy atom. The molecule has 3 rings (SSSR count). The number of rotatable bonds is 3. The fraction of sp³-hybridized carbons (Fsp3) is 0.200. The first-order valence-corrected chi connectivity index (χ1v) is 7.22. The summed E-state index contributed by atoms with van der Waals surface area (Å²) < 4.78 is 2.11. The zero-order valence-corrected chi connectivity index (χ0v) is 11.8. The molecular weight excluding hydrogens is 254 g/mol. The van der Waals surface area contributed by atoms with Crippen LogP contribution in [0.25, 0.3) is 5.65 Å². The SMILES string of the molecule is Cc1cc(C)n2c(SCc3ccccc3)nnc2c1. The number of benzene rings is 1. The molecule has 2 heterocycles. The van der Waals surface area contributed by atoms with Crippen LogP contribution in [0.5, 0.6) is 0 Å². The van der Waals surface area contributed by atoms with Crippen LogP contribution in [-0.4, -0.2) is 14.6 Å². The molecule has 3 aromatic rings. The van der Waals surface area contributed by atoms with E-state index in [4.69, 9.17) is 0 Å². The second-order valence-electron chi connectivity index (χ2n) is 4.62. The lowest BCUT2D eigenvalue weighted by molar-refractivity contribution is 0.894. The Labute approximate surface area is 116 Å². The summed E-state index contributed by atoms with van der Waals surface area (Å²) in [5.74, 6) is 0.912. The lowest BCUT2D eigenvalue weighted by Crippen LogP contribution is -1.94. The van der Waals surface area contributed by atoms with Gasteiger partial charge in [-0.15, -0.1) is 10.2 Å². The van der Waals surface area contributed by atoms with E-state index in [0.29, 0.717) is 0 Å². The zero-order valence-electron chi connectivity index (χ0n) is 11.0. The van der Waals surface area contributed by atoms with Gasteiger partial charge < -0.3 is 0 Å². The fourth-order valence-corrected chi connectivity index (χ4v) is 3.11. The molecular formula is C15H15N3S. The quantitative estimate of drug-likeness (QED) is 0.680. The number of nitrogens with zero attached hydrogens (tertiary/aromatic N) is 3. The number of thioether (sulfide) groups is 1. The summed E-state index contributed by atoms with van der Waals surface area (Å²) in [4.78, 5) is 0. The van der Waals surface area contributed by atoms with Gasteiger partial charge in [0.2, 0.25) is 0 Å². The molecule has 0 fully saturated rings. The lowest BCUT2D eigenvalue weighted by atomic mass is 10.2. The molecule has 0 spiro atoms. The maximum absolute atomic E-state index is 4.29. The highest BCUT2D eigenvalue weighted by Gasteiger charge is 2.08. The van der Waals surface area contributed by atoms with Crippen LogP contribution < -0.4 is 0 Å². The van der Waals surface area contributed by atoms with Crippen LogP contribution in [0.3, 0.4) is 0 Å². The first-order valence-electron chi connectivity index (χ1n) is 6.23. The summed E-state index contributed by atoms with van der Waals surface area (Å²) in [6.45, 7) is 4.18. The molecule has 0 atom stereocenters. The maximum Gasteiger partial charge on any atom is 0.196 e. The normalized spacial score (nSPS) is 11.1. The van der Waals surface area contributed by atoms with Gasteiger partial charge in [0.05, 0.1) is 0 Å². The largest absolute Gasteiger partial charge is 0.275 e.